The van der Waals surface area contributed by atoms with Gasteiger partial charge in [-0.05, 0) is 18.2 Å². The first-order valence-corrected chi connectivity index (χ1v) is 7.87. The molecule has 0 aliphatic carbocycles. The third kappa shape index (κ3) is 3.06. The molecular weight excluding hydrogens is 326 g/mol. The highest BCUT2D eigenvalue weighted by Crippen LogP contribution is 2.35. The smallest absolute Gasteiger partial charge is 0.283 e. The van der Waals surface area contributed by atoms with Crippen LogP contribution in [0.15, 0.2) is 24.3 Å². The second kappa shape index (κ2) is 6.54. The van der Waals surface area contributed by atoms with Crippen LogP contribution in [0.4, 0.5) is 5.82 Å². The Hall–Kier alpha value is -2.91. The number of nitrogen functional groups attached to an aromatic ring is 1. The van der Waals surface area contributed by atoms with Gasteiger partial charge in [0.25, 0.3) is 5.91 Å². The lowest BCUT2D eigenvalue weighted by Crippen LogP contribution is -2.37. The molecule has 2 aromatic rings. The molecule has 1 fully saturated rings. The van der Waals surface area contributed by atoms with E-state index in [9.17, 15) is 4.79 Å². The third-order valence-corrected chi connectivity index (χ3v) is 4.04. The second-order valence-corrected chi connectivity index (χ2v) is 5.58. The maximum Gasteiger partial charge on any atom is 0.283 e. The Labute approximate surface area is 143 Å². The molecule has 0 bridgehead atoms. The number of morpholine rings is 1. The molecule has 3 heterocycles. The van der Waals surface area contributed by atoms with E-state index >= 15 is 0 Å². The molecule has 1 aromatic carbocycles. The monoisotopic (exact) mass is 343 g/mol. The number of hydrogen-bond acceptors (Lipinski definition) is 8. The summed E-state index contributed by atoms with van der Waals surface area (Å²) in [6, 6.07) is 7.05. The Morgan fingerprint density at radius 1 is 1.12 bits per heavy atom. The highest BCUT2D eigenvalue weighted by molar-refractivity contribution is 5.93. The van der Waals surface area contributed by atoms with E-state index in [4.69, 9.17) is 20.1 Å². The lowest BCUT2D eigenvalue weighted by atomic mass is 10.2. The Morgan fingerprint density at radius 3 is 2.72 bits per heavy atom. The number of nitrogens with zero attached hydrogens (tertiary/aromatic N) is 3. The average Bonchev–Trinajstić information content (AvgIpc) is 3.15. The molecule has 3 N–H and O–H groups in total. The summed E-state index contributed by atoms with van der Waals surface area (Å²) < 4.78 is 16.1. The van der Waals surface area contributed by atoms with Crippen LogP contribution in [0.1, 0.15) is 10.5 Å². The molecule has 0 unspecified atom stereocenters. The van der Waals surface area contributed by atoms with Crippen LogP contribution in [0.5, 0.6) is 11.5 Å². The van der Waals surface area contributed by atoms with Crippen molar-refractivity contribution < 1.29 is 19.0 Å². The Kier molecular flexibility index (Phi) is 4.08. The zero-order valence-corrected chi connectivity index (χ0v) is 13.4. The van der Waals surface area contributed by atoms with Gasteiger partial charge in [0.2, 0.25) is 6.79 Å². The molecule has 130 valence electrons. The molecule has 4 rings (SSSR count). The standard InChI is InChI=1S/C16H17N5O4/c17-20-16(22)11-8-14(21-3-5-23-6-4-21)19-15(18-11)10-1-2-12-13(7-10)25-9-24-12/h1-2,7-8H,3-6,9,17H2,(H,20,22). The number of benzene rings is 1. The fourth-order valence-electron chi connectivity index (χ4n) is 2.74. The van der Waals surface area contributed by atoms with Crippen LogP contribution >= 0.6 is 0 Å². The van der Waals surface area contributed by atoms with Crippen molar-refractivity contribution in [3.05, 3.63) is 30.0 Å². The summed E-state index contributed by atoms with van der Waals surface area (Å²) in [5.74, 6) is 7.17. The SMILES string of the molecule is NNC(=O)c1cc(N2CCOCC2)nc(-c2ccc3c(c2)OCO3)n1. The maximum atomic E-state index is 12.0. The van der Waals surface area contributed by atoms with Crippen molar-refractivity contribution in [2.45, 2.75) is 0 Å². The molecule has 0 radical (unpaired) electrons. The molecule has 0 spiro atoms. The molecule has 0 atom stereocenters. The van der Waals surface area contributed by atoms with E-state index in [0.717, 1.165) is 5.56 Å². The van der Waals surface area contributed by atoms with Crippen molar-refractivity contribution in [1.29, 1.82) is 0 Å². The third-order valence-electron chi connectivity index (χ3n) is 4.04. The van der Waals surface area contributed by atoms with Gasteiger partial charge in [-0.1, -0.05) is 0 Å². The molecule has 9 heteroatoms. The van der Waals surface area contributed by atoms with E-state index in [1.807, 2.05) is 6.07 Å². The van der Waals surface area contributed by atoms with Gasteiger partial charge >= 0.3 is 0 Å². The Morgan fingerprint density at radius 2 is 1.92 bits per heavy atom. The summed E-state index contributed by atoms with van der Waals surface area (Å²) in [7, 11) is 0. The molecule has 1 amide bonds. The molecule has 25 heavy (non-hydrogen) atoms. The predicted molar refractivity (Wildman–Crippen MR) is 88.3 cm³/mol. The van der Waals surface area contributed by atoms with Crippen molar-refractivity contribution in [1.82, 2.24) is 15.4 Å². The van der Waals surface area contributed by atoms with Gasteiger partial charge in [0.1, 0.15) is 11.5 Å². The number of aromatic nitrogens is 2. The molecule has 2 aliphatic rings. The minimum atomic E-state index is -0.473. The van der Waals surface area contributed by atoms with Crippen LogP contribution < -0.4 is 25.6 Å². The van der Waals surface area contributed by atoms with Crippen molar-refractivity contribution in [3.63, 3.8) is 0 Å². The first-order chi connectivity index (χ1) is 12.2. The van der Waals surface area contributed by atoms with Crippen LogP contribution in [0.3, 0.4) is 0 Å². The summed E-state index contributed by atoms with van der Waals surface area (Å²) in [5, 5.41) is 0. The fraction of sp³-hybridized carbons (Fsp3) is 0.312. The highest BCUT2D eigenvalue weighted by atomic mass is 16.7. The van der Waals surface area contributed by atoms with Gasteiger partial charge < -0.3 is 19.1 Å². The van der Waals surface area contributed by atoms with Crippen LogP contribution in [-0.4, -0.2) is 49.0 Å². The molecule has 2 aliphatic heterocycles. The lowest BCUT2D eigenvalue weighted by Gasteiger charge is -2.28. The van der Waals surface area contributed by atoms with E-state index in [1.165, 1.54) is 0 Å². The average molecular weight is 343 g/mol. The van der Waals surface area contributed by atoms with Crippen molar-refractivity contribution >= 4 is 11.7 Å². The molecular formula is C16H17N5O4. The summed E-state index contributed by atoms with van der Waals surface area (Å²) >= 11 is 0. The number of carbonyl (C=O) groups is 1. The second-order valence-electron chi connectivity index (χ2n) is 5.58. The van der Waals surface area contributed by atoms with Crippen LogP contribution in [0.25, 0.3) is 11.4 Å². The number of carbonyl (C=O) groups excluding carboxylic acids is 1. The van der Waals surface area contributed by atoms with E-state index < -0.39 is 5.91 Å². The van der Waals surface area contributed by atoms with Crippen LogP contribution in [-0.2, 0) is 4.74 Å². The van der Waals surface area contributed by atoms with Crippen molar-refractivity contribution in [2.24, 2.45) is 5.84 Å². The van der Waals surface area contributed by atoms with Crippen LogP contribution in [0, 0.1) is 0 Å². The minimum Gasteiger partial charge on any atom is -0.454 e. The van der Waals surface area contributed by atoms with E-state index in [2.05, 4.69) is 20.3 Å². The number of ether oxygens (including phenoxy) is 3. The number of fused-ring (bicyclic) bond motifs is 1. The normalized spacial score (nSPS) is 16.0. The maximum absolute atomic E-state index is 12.0. The molecule has 1 saturated heterocycles. The largest absolute Gasteiger partial charge is 0.454 e. The highest BCUT2D eigenvalue weighted by Gasteiger charge is 2.20. The number of anilines is 1. The fourth-order valence-corrected chi connectivity index (χ4v) is 2.74. The molecule has 9 nitrogen and oxygen atoms in total. The summed E-state index contributed by atoms with van der Waals surface area (Å²) in [5.41, 5.74) is 3.04. The number of rotatable bonds is 3. The lowest BCUT2D eigenvalue weighted by molar-refractivity contribution is 0.0948. The quantitative estimate of drug-likeness (QED) is 0.465. The van der Waals surface area contributed by atoms with Crippen molar-refractivity contribution in [2.75, 3.05) is 38.0 Å². The Bertz CT molecular complexity index is 807. The van der Waals surface area contributed by atoms with Crippen LogP contribution in [0.2, 0.25) is 0 Å². The number of amides is 1. The van der Waals surface area contributed by atoms with Crippen molar-refractivity contribution in [3.8, 4) is 22.9 Å². The molecule has 1 aromatic heterocycles. The van der Waals surface area contributed by atoms with Gasteiger partial charge in [0.05, 0.1) is 13.2 Å². The van der Waals surface area contributed by atoms with Gasteiger partial charge in [-0.2, -0.15) is 0 Å². The zero-order chi connectivity index (χ0) is 17.2. The van der Waals surface area contributed by atoms with Gasteiger partial charge in [0.15, 0.2) is 17.3 Å². The van der Waals surface area contributed by atoms with E-state index in [-0.39, 0.29) is 12.5 Å². The number of hydrogen-bond donors (Lipinski definition) is 2. The molecule has 0 saturated carbocycles. The topological polar surface area (TPSA) is 112 Å². The van der Waals surface area contributed by atoms with E-state index in [0.29, 0.717) is 49.4 Å². The summed E-state index contributed by atoms with van der Waals surface area (Å²) in [4.78, 5) is 23.0. The minimum absolute atomic E-state index is 0.189. The first-order valence-electron chi connectivity index (χ1n) is 7.87. The Balaban J connectivity index is 1.76. The number of nitrogens with one attached hydrogen (secondary N) is 1. The van der Waals surface area contributed by atoms with E-state index in [1.54, 1.807) is 18.2 Å². The van der Waals surface area contributed by atoms with Gasteiger partial charge in [0, 0.05) is 24.7 Å². The van der Waals surface area contributed by atoms with Gasteiger partial charge in [-0.15, -0.1) is 0 Å². The first kappa shape index (κ1) is 15.6. The summed E-state index contributed by atoms with van der Waals surface area (Å²) in [6.45, 7) is 2.81. The zero-order valence-electron chi connectivity index (χ0n) is 13.4. The summed E-state index contributed by atoms with van der Waals surface area (Å²) in [6.07, 6.45) is 0. The number of hydrazine groups is 1. The van der Waals surface area contributed by atoms with Gasteiger partial charge in [-0.3, -0.25) is 10.2 Å². The predicted octanol–water partition coefficient (Wildman–Crippen LogP) is 0.312. The van der Waals surface area contributed by atoms with Gasteiger partial charge in [-0.25, -0.2) is 15.8 Å². The number of nitrogens with two attached hydrogens (primary N) is 1.